The first kappa shape index (κ1) is 28.1. The Balaban J connectivity index is 0.000000292. The number of rotatable bonds is 5. The van der Waals surface area contributed by atoms with Crippen LogP contribution in [0.1, 0.15) is 35.2 Å². The van der Waals surface area contributed by atoms with Crippen LogP contribution in [0.3, 0.4) is 0 Å². The number of nitrogens with zero attached hydrogens (tertiary/aromatic N) is 3. The minimum Gasteiger partial charge on any atom is -0.497 e. The molecule has 11 heteroatoms. The minimum atomic E-state index is -1.25. The van der Waals surface area contributed by atoms with Crippen LogP contribution in [0, 0.1) is 5.82 Å². The maximum atomic E-state index is 12.4. The van der Waals surface area contributed by atoms with Crippen molar-refractivity contribution >= 4 is 17.5 Å². The number of aryl methyl sites for hydroxylation is 1. The highest BCUT2D eigenvalue weighted by Crippen LogP contribution is 2.31. The summed E-state index contributed by atoms with van der Waals surface area (Å²) in [7, 11) is 1.62. The summed E-state index contributed by atoms with van der Waals surface area (Å²) in [4.78, 5) is 36.7. The monoisotopic (exact) mass is 502 g/mol. The Labute approximate surface area is 206 Å². The normalized spacial score (nSPS) is 14.3. The molecule has 0 aliphatic carbocycles. The zero-order valence-corrected chi connectivity index (χ0v) is 19.9. The maximum absolute atomic E-state index is 12.4. The van der Waals surface area contributed by atoms with Gasteiger partial charge in [0, 0.05) is 37.2 Å². The molecule has 192 valence electrons. The molecule has 2 amide bonds. The number of nitrogens with two attached hydrogens (primary N) is 1. The number of hydrogen-bond donors (Lipinski definition) is 2. The zero-order valence-electron chi connectivity index (χ0n) is 19.9. The summed E-state index contributed by atoms with van der Waals surface area (Å²) in [5, 5.41) is 10.9. The van der Waals surface area contributed by atoms with Crippen LogP contribution in [0.5, 0.6) is 5.75 Å². The fraction of sp³-hybridized carbons (Fsp3) is 0.280. The zero-order chi connectivity index (χ0) is 26.7. The number of aliphatic hydroxyl groups excluding tert-OH is 1. The van der Waals surface area contributed by atoms with Crippen LogP contribution in [-0.2, 0) is 11.3 Å². The molecule has 0 spiro atoms. The molecule has 2 heterocycles. The number of carbonyl (C=O) groups excluding carboxylic acids is 2. The number of primary amides is 1. The van der Waals surface area contributed by atoms with Gasteiger partial charge < -0.3 is 20.5 Å². The maximum Gasteiger partial charge on any atom is 0.290 e. The molecule has 0 saturated carbocycles. The third-order valence-corrected chi connectivity index (χ3v) is 5.32. The number of methoxy groups -OCH3 is 1. The van der Waals surface area contributed by atoms with Gasteiger partial charge >= 0.3 is 0 Å². The molecular formula is C25H28F2N4O5. The number of anilines is 1. The van der Waals surface area contributed by atoms with Gasteiger partial charge in [0.25, 0.3) is 5.56 Å². The summed E-state index contributed by atoms with van der Waals surface area (Å²) in [5.41, 5.74) is 6.48. The standard InChI is InChI=1S/C17H19N3O3.C7H6FNO.CH3FO/c1-3-20-17(22)15(8-9-18-20)19-11-13(10-16(19)21)12-4-6-14(23-2)7-5-12;8-6-3-1-5(2-4-6)7(9)10;2-1-3/h4-9,13H,3,10-11H2,1-2H3;1-4H,(H2,9,10);3H,1H2. The van der Waals surface area contributed by atoms with Gasteiger partial charge in [-0.15, -0.1) is 0 Å². The molecule has 9 nitrogen and oxygen atoms in total. The van der Waals surface area contributed by atoms with Crippen LogP contribution in [0.15, 0.2) is 65.6 Å². The van der Waals surface area contributed by atoms with Gasteiger partial charge in [0.1, 0.15) is 17.3 Å². The van der Waals surface area contributed by atoms with Gasteiger partial charge in [0.05, 0.1) is 7.11 Å². The van der Waals surface area contributed by atoms with Crippen molar-refractivity contribution in [1.82, 2.24) is 9.78 Å². The molecule has 1 aliphatic rings. The first-order valence-corrected chi connectivity index (χ1v) is 11.0. The van der Waals surface area contributed by atoms with Crippen LogP contribution in [0.4, 0.5) is 14.5 Å². The smallest absolute Gasteiger partial charge is 0.290 e. The molecule has 1 saturated heterocycles. The van der Waals surface area contributed by atoms with Gasteiger partial charge in [-0.2, -0.15) is 5.10 Å². The second kappa shape index (κ2) is 13.7. The molecule has 3 N–H and O–H groups in total. The minimum absolute atomic E-state index is 0.0308. The van der Waals surface area contributed by atoms with Crippen molar-refractivity contribution in [3.8, 4) is 5.75 Å². The summed E-state index contributed by atoms with van der Waals surface area (Å²) in [5.74, 6) is -0.0762. The Bertz CT molecular complexity index is 1200. The van der Waals surface area contributed by atoms with E-state index in [1.807, 2.05) is 31.2 Å². The third-order valence-electron chi connectivity index (χ3n) is 5.32. The van der Waals surface area contributed by atoms with Crippen LogP contribution < -0.4 is 20.9 Å². The number of amides is 2. The molecule has 1 atom stereocenters. The Hall–Kier alpha value is -4.12. The van der Waals surface area contributed by atoms with E-state index in [2.05, 4.69) is 5.10 Å². The predicted molar refractivity (Wildman–Crippen MR) is 130 cm³/mol. The number of aromatic nitrogens is 2. The van der Waals surface area contributed by atoms with E-state index in [1.54, 1.807) is 24.3 Å². The number of alkyl halides is 1. The lowest BCUT2D eigenvalue weighted by molar-refractivity contribution is -0.117. The Morgan fingerprint density at radius 3 is 2.28 bits per heavy atom. The first-order chi connectivity index (χ1) is 17.2. The first-order valence-electron chi connectivity index (χ1n) is 11.0. The highest BCUT2D eigenvalue weighted by atomic mass is 19.1. The van der Waals surface area contributed by atoms with Gasteiger partial charge in [0.2, 0.25) is 11.8 Å². The van der Waals surface area contributed by atoms with Gasteiger partial charge in [0.15, 0.2) is 6.86 Å². The van der Waals surface area contributed by atoms with E-state index < -0.39 is 12.8 Å². The summed E-state index contributed by atoms with van der Waals surface area (Å²) < 4.78 is 28.6. The third kappa shape index (κ3) is 7.44. The van der Waals surface area contributed by atoms with Crippen molar-refractivity contribution in [3.63, 3.8) is 0 Å². The average Bonchev–Trinajstić information content (AvgIpc) is 3.26. The van der Waals surface area contributed by atoms with E-state index in [0.717, 1.165) is 11.3 Å². The van der Waals surface area contributed by atoms with E-state index >= 15 is 0 Å². The summed E-state index contributed by atoms with van der Waals surface area (Å²) in [6, 6.07) is 14.4. The molecule has 1 aromatic heterocycles. The van der Waals surface area contributed by atoms with E-state index in [0.29, 0.717) is 30.8 Å². The number of hydrogen-bond acceptors (Lipinski definition) is 6. The van der Waals surface area contributed by atoms with E-state index in [9.17, 15) is 23.2 Å². The largest absolute Gasteiger partial charge is 0.497 e. The van der Waals surface area contributed by atoms with Crippen molar-refractivity contribution in [2.24, 2.45) is 5.73 Å². The van der Waals surface area contributed by atoms with Gasteiger partial charge in [-0.1, -0.05) is 12.1 Å². The Kier molecular flexibility index (Phi) is 10.7. The molecule has 2 aromatic carbocycles. The lowest BCUT2D eigenvalue weighted by atomic mass is 9.98. The molecule has 36 heavy (non-hydrogen) atoms. The molecule has 4 rings (SSSR count). The molecule has 1 unspecified atom stereocenters. The van der Waals surface area contributed by atoms with E-state index in [-0.39, 0.29) is 23.2 Å². The fourth-order valence-corrected chi connectivity index (χ4v) is 3.52. The lowest BCUT2D eigenvalue weighted by Gasteiger charge is -2.17. The fourth-order valence-electron chi connectivity index (χ4n) is 3.52. The number of halogens is 2. The quantitative estimate of drug-likeness (QED) is 0.552. The van der Waals surface area contributed by atoms with Crippen LogP contribution >= 0.6 is 0 Å². The Morgan fingerprint density at radius 1 is 1.14 bits per heavy atom. The molecule has 1 aliphatic heterocycles. The predicted octanol–water partition coefficient (Wildman–Crippen LogP) is 2.62. The highest BCUT2D eigenvalue weighted by molar-refractivity contribution is 5.96. The SMILES string of the molecule is CCn1nccc(N2CC(c3ccc(OC)cc3)CC2=O)c1=O.NC(=O)c1ccc(F)cc1.OCF. The topological polar surface area (TPSA) is 128 Å². The second-order valence-corrected chi connectivity index (χ2v) is 7.51. The Morgan fingerprint density at radius 2 is 1.75 bits per heavy atom. The lowest BCUT2D eigenvalue weighted by Crippen LogP contribution is -2.33. The van der Waals surface area contributed by atoms with Crippen LogP contribution in [0.2, 0.25) is 0 Å². The van der Waals surface area contributed by atoms with Gasteiger partial charge in [-0.05, 0) is 55.0 Å². The molecular weight excluding hydrogens is 474 g/mol. The van der Waals surface area contributed by atoms with Crippen molar-refractivity contribution in [2.45, 2.75) is 25.8 Å². The average molecular weight is 503 g/mol. The van der Waals surface area contributed by atoms with E-state index in [4.69, 9.17) is 15.6 Å². The number of carbonyl (C=O) groups is 2. The number of aliphatic hydroxyl groups is 1. The number of ether oxygens (including phenoxy) is 1. The molecule has 1 fully saturated rings. The van der Waals surface area contributed by atoms with Crippen LogP contribution in [0.25, 0.3) is 0 Å². The number of benzene rings is 2. The summed E-state index contributed by atoms with van der Waals surface area (Å²) in [6.45, 7) is 1.59. The van der Waals surface area contributed by atoms with Gasteiger partial charge in [-0.25, -0.2) is 13.5 Å². The van der Waals surface area contributed by atoms with E-state index in [1.165, 1.54) is 28.9 Å². The second-order valence-electron chi connectivity index (χ2n) is 7.51. The van der Waals surface area contributed by atoms with Crippen molar-refractivity contribution in [2.75, 3.05) is 25.4 Å². The van der Waals surface area contributed by atoms with Crippen LogP contribution in [-0.4, -0.2) is 47.2 Å². The molecule has 0 radical (unpaired) electrons. The van der Waals surface area contributed by atoms with Crippen molar-refractivity contribution < 1.29 is 28.2 Å². The van der Waals surface area contributed by atoms with Gasteiger partial charge in [-0.3, -0.25) is 14.4 Å². The van der Waals surface area contributed by atoms with Crippen molar-refractivity contribution in [1.29, 1.82) is 0 Å². The molecule has 0 bridgehead atoms. The molecule has 3 aromatic rings. The summed E-state index contributed by atoms with van der Waals surface area (Å²) in [6.07, 6.45) is 1.97. The van der Waals surface area contributed by atoms with Crippen molar-refractivity contribution in [3.05, 3.63) is 88.1 Å². The summed E-state index contributed by atoms with van der Waals surface area (Å²) >= 11 is 0. The highest BCUT2D eigenvalue weighted by Gasteiger charge is 2.33.